The van der Waals surface area contributed by atoms with Gasteiger partial charge in [-0.05, 0) is 74.4 Å². The van der Waals surface area contributed by atoms with Gasteiger partial charge in [0.05, 0.1) is 17.4 Å². The molecule has 1 aliphatic heterocycles. The standard InChI is InChI=1S/C28H35N5O4/c1-18-25-9-11-33(14-21(25)6-7-26(18)36-16-22-17-37-32-19(22)2)15-24(34)13-30-28(35)20-8-10-29-27(12-20)31-23-4-3-5-23/h6-8,10,12,17,23-24,34H,3-5,9,11,13-16H2,1-2H3,(H,29,31)(H,30,35)/t24-/m0/s1. The van der Waals surface area contributed by atoms with Crippen molar-refractivity contribution in [2.75, 3.05) is 25.0 Å². The maximum Gasteiger partial charge on any atom is 0.251 e. The molecule has 0 unspecified atom stereocenters. The molecule has 1 saturated carbocycles. The van der Waals surface area contributed by atoms with E-state index in [1.54, 1.807) is 24.6 Å². The SMILES string of the molecule is Cc1nocc1COc1ccc2c(c1C)CCN(C[C@@H](O)CNC(=O)c1ccnc(NC3CCC3)c1)C2. The fourth-order valence-electron chi connectivity index (χ4n) is 4.88. The highest BCUT2D eigenvalue weighted by Gasteiger charge is 2.22. The van der Waals surface area contributed by atoms with E-state index in [1.807, 2.05) is 13.0 Å². The monoisotopic (exact) mass is 505 g/mol. The number of amides is 1. The van der Waals surface area contributed by atoms with Crippen LogP contribution in [0.1, 0.15) is 57.6 Å². The average Bonchev–Trinajstić information content (AvgIpc) is 3.29. The largest absolute Gasteiger partial charge is 0.488 e. The number of nitrogens with zero attached hydrogens (tertiary/aromatic N) is 3. The smallest absolute Gasteiger partial charge is 0.251 e. The number of hydrogen-bond acceptors (Lipinski definition) is 8. The Bertz CT molecular complexity index is 1240. The van der Waals surface area contributed by atoms with Gasteiger partial charge >= 0.3 is 0 Å². The highest BCUT2D eigenvalue weighted by atomic mass is 16.5. The number of carbonyl (C=O) groups is 1. The van der Waals surface area contributed by atoms with Crippen LogP contribution >= 0.6 is 0 Å². The molecule has 196 valence electrons. The van der Waals surface area contributed by atoms with Gasteiger partial charge in [0.15, 0.2) is 0 Å². The van der Waals surface area contributed by atoms with Crippen LogP contribution in [-0.2, 0) is 19.6 Å². The van der Waals surface area contributed by atoms with Crippen LogP contribution in [0.4, 0.5) is 5.82 Å². The van der Waals surface area contributed by atoms with Crippen LogP contribution in [0.3, 0.4) is 0 Å². The van der Waals surface area contributed by atoms with Gasteiger partial charge in [-0.1, -0.05) is 11.2 Å². The fourth-order valence-corrected chi connectivity index (χ4v) is 4.88. The molecule has 1 aromatic carbocycles. The van der Waals surface area contributed by atoms with Crippen molar-refractivity contribution >= 4 is 11.7 Å². The number of anilines is 1. The van der Waals surface area contributed by atoms with E-state index in [1.165, 1.54) is 17.5 Å². The number of carbonyl (C=O) groups excluding carboxylic acids is 1. The van der Waals surface area contributed by atoms with Crippen molar-refractivity contribution in [3.63, 3.8) is 0 Å². The van der Waals surface area contributed by atoms with E-state index in [-0.39, 0.29) is 12.5 Å². The maximum absolute atomic E-state index is 12.6. The molecule has 9 nitrogen and oxygen atoms in total. The Labute approximate surface area is 217 Å². The van der Waals surface area contributed by atoms with Crippen molar-refractivity contribution in [2.24, 2.45) is 0 Å². The molecule has 3 heterocycles. The Morgan fingerprint density at radius 2 is 2.16 bits per heavy atom. The molecule has 0 saturated heterocycles. The van der Waals surface area contributed by atoms with Gasteiger partial charge in [0.2, 0.25) is 0 Å². The van der Waals surface area contributed by atoms with Gasteiger partial charge in [-0.3, -0.25) is 9.69 Å². The second kappa shape index (κ2) is 11.3. The Balaban J connectivity index is 1.10. The van der Waals surface area contributed by atoms with Crippen LogP contribution in [0, 0.1) is 13.8 Å². The molecule has 1 fully saturated rings. The number of ether oxygens (including phenoxy) is 1. The molecule has 1 amide bonds. The topological polar surface area (TPSA) is 113 Å². The van der Waals surface area contributed by atoms with E-state index in [0.717, 1.165) is 60.7 Å². The predicted molar refractivity (Wildman–Crippen MR) is 140 cm³/mol. The predicted octanol–water partition coefficient (Wildman–Crippen LogP) is 3.38. The number of β-amino-alcohol motifs (C(OH)–C–C–N with tert-alkyl or cyclic N) is 1. The lowest BCUT2D eigenvalue weighted by Gasteiger charge is -2.31. The van der Waals surface area contributed by atoms with Crippen molar-refractivity contribution in [3.05, 3.63) is 70.2 Å². The molecule has 0 bridgehead atoms. The van der Waals surface area contributed by atoms with E-state index >= 15 is 0 Å². The van der Waals surface area contributed by atoms with Gasteiger partial charge in [-0.15, -0.1) is 0 Å². The quantitative estimate of drug-likeness (QED) is 0.384. The van der Waals surface area contributed by atoms with Crippen molar-refractivity contribution in [2.45, 2.75) is 64.8 Å². The first-order chi connectivity index (χ1) is 18.0. The third kappa shape index (κ3) is 6.11. The molecule has 3 aromatic rings. The zero-order chi connectivity index (χ0) is 25.8. The summed E-state index contributed by atoms with van der Waals surface area (Å²) in [6.45, 7) is 6.72. The second-order valence-corrected chi connectivity index (χ2v) is 10.1. The third-order valence-corrected chi connectivity index (χ3v) is 7.40. The molecule has 2 aromatic heterocycles. The zero-order valence-corrected chi connectivity index (χ0v) is 21.5. The number of aromatic nitrogens is 2. The van der Waals surface area contributed by atoms with Crippen molar-refractivity contribution in [3.8, 4) is 5.75 Å². The summed E-state index contributed by atoms with van der Waals surface area (Å²) in [6.07, 6.45) is 7.01. The Morgan fingerprint density at radius 1 is 1.30 bits per heavy atom. The number of aryl methyl sites for hydroxylation is 1. The number of benzene rings is 1. The molecule has 1 aliphatic carbocycles. The first-order valence-electron chi connectivity index (χ1n) is 13.0. The summed E-state index contributed by atoms with van der Waals surface area (Å²) in [6, 6.07) is 8.05. The van der Waals surface area contributed by atoms with Crippen LogP contribution in [0.25, 0.3) is 0 Å². The first-order valence-corrected chi connectivity index (χ1v) is 13.0. The lowest BCUT2D eigenvalue weighted by Crippen LogP contribution is -2.42. The lowest BCUT2D eigenvalue weighted by atomic mass is 9.93. The summed E-state index contributed by atoms with van der Waals surface area (Å²) in [5.41, 5.74) is 6.04. The summed E-state index contributed by atoms with van der Waals surface area (Å²) < 4.78 is 11.0. The van der Waals surface area contributed by atoms with E-state index in [2.05, 4.69) is 38.7 Å². The molecular weight excluding hydrogens is 470 g/mol. The van der Waals surface area contributed by atoms with E-state index < -0.39 is 6.10 Å². The van der Waals surface area contributed by atoms with E-state index in [0.29, 0.717) is 24.8 Å². The molecule has 0 spiro atoms. The second-order valence-electron chi connectivity index (χ2n) is 10.1. The number of rotatable bonds is 10. The summed E-state index contributed by atoms with van der Waals surface area (Å²) in [5.74, 6) is 1.40. The number of fused-ring (bicyclic) bond motifs is 1. The number of aliphatic hydroxyl groups is 1. The zero-order valence-electron chi connectivity index (χ0n) is 21.5. The van der Waals surface area contributed by atoms with Crippen molar-refractivity contribution < 1.29 is 19.2 Å². The van der Waals surface area contributed by atoms with Crippen molar-refractivity contribution in [1.82, 2.24) is 20.4 Å². The summed E-state index contributed by atoms with van der Waals surface area (Å²) in [7, 11) is 0. The Morgan fingerprint density at radius 3 is 2.92 bits per heavy atom. The summed E-state index contributed by atoms with van der Waals surface area (Å²) in [4.78, 5) is 19.2. The number of pyridine rings is 1. The summed E-state index contributed by atoms with van der Waals surface area (Å²) >= 11 is 0. The molecule has 5 rings (SSSR count). The van der Waals surface area contributed by atoms with Crippen LogP contribution in [0.15, 0.2) is 41.2 Å². The first kappa shape index (κ1) is 25.2. The molecule has 3 N–H and O–H groups in total. The number of aliphatic hydroxyl groups excluding tert-OH is 1. The molecule has 9 heteroatoms. The van der Waals surface area contributed by atoms with Crippen molar-refractivity contribution in [1.29, 1.82) is 0 Å². The molecule has 0 radical (unpaired) electrons. The highest BCUT2D eigenvalue weighted by Crippen LogP contribution is 2.30. The highest BCUT2D eigenvalue weighted by molar-refractivity contribution is 5.94. The number of nitrogens with one attached hydrogen (secondary N) is 2. The average molecular weight is 506 g/mol. The molecule has 37 heavy (non-hydrogen) atoms. The van der Waals surface area contributed by atoms with Gasteiger partial charge in [0.1, 0.15) is 24.4 Å². The van der Waals surface area contributed by atoms with Gasteiger partial charge in [-0.25, -0.2) is 4.98 Å². The molecular formula is C28H35N5O4. The van der Waals surface area contributed by atoms with E-state index in [9.17, 15) is 9.90 Å². The lowest BCUT2D eigenvalue weighted by molar-refractivity contribution is 0.0841. The Kier molecular flexibility index (Phi) is 7.71. The van der Waals surface area contributed by atoms with E-state index in [4.69, 9.17) is 9.26 Å². The van der Waals surface area contributed by atoms with Gasteiger partial charge in [-0.2, -0.15) is 0 Å². The minimum absolute atomic E-state index is 0.198. The van der Waals surface area contributed by atoms with Gasteiger partial charge in [0, 0.05) is 44.0 Å². The third-order valence-electron chi connectivity index (χ3n) is 7.40. The normalized spacial score (nSPS) is 16.5. The van der Waals surface area contributed by atoms with Crippen LogP contribution in [-0.4, -0.2) is 57.8 Å². The van der Waals surface area contributed by atoms with Gasteiger partial charge < -0.3 is 25.0 Å². The molecule has 1 atom stereocenters. The summed E-state index contributed by atoms with van der Waals surface area (Å²) in [5, 5.41) is 20.8. The van der Waals surface area contributed by atoms with Crippen LogP contribution in [0.5, 0.6) is 5.75 Å². The number of hydrogen-bond donors (Lipinski definition) is 3. The molecule has 2 aliphatic rings. The minimum atomic E-state index is -0.657. The Hall–Kier alpha value is -3.43. The minimum Gasteiger partial charge on any atom is -0.488 e. The maximum atomic E-state index is 12.6. The van der Waals surface area contributed by atoms with Crippen LogP contribution < -0.4 is 15.4 Å². The fraction of sp³-hybridized carbons (Fsp3) is 0.464. The van der Waals surface area contributed by atoms with Crippen LogP contribution in [0.2, 0.25) is 0 Å². The van der Waals surface area contributed by atoms with Gasteiger partial charge in [0.25, 0.3) is 5.91 Å².